The molecular formula is C6H8Cl2O2. The van der Waals surface area contributed by atoms with E-state index in [2.05, 4.69) is 11.3 Å². The van der Waals surface area contributed by atoms with E-state index in [4.69, 9.17) is 23.2 Å². The quantitative estimate of drug-likeness (QED) is 0.375. The standard InChI is InChI=1S/C6H8Cl2O2/c1-2-3-10-6(9)5(8)4-7/h2,5H,1,3-4H2. The maximum absolute atomic E-state index is 10.6. The van der Waals surface area contributed by atoms with Gasteiger partial charge < -0.3 is 4.74 Å². The maximum atomic E-state index is 10.6. The first-order valence-corrected chi connectivity index (χ1v) is 3.67. The van der Waals surface area contributed by atoms with E-state index in [1.807, 2.05) is 0 Å². The van der Waals surface area contributed by atoms with Crippen molar-refractivity contribution in [3.05, 3.63) is 12.7 Å². The molecule has 0 saturated heterocycles. The third-order valence-electron chi connectivity index (χ3n) is 0.735. The number of alkyl halides is 2. The third-order valence-corrected chi connectivity index (χ3v) is 1.53. The average molecular weight is 183 g/mol. The fraction of sp³-hybridized carbons (Fsp3) is 0.500. The van der Waals surface area contributed by atoms with E-state index < -0.39 is 11.3 Å². The van der Waals surface area contributed by atoms with Gasteiger partial charge in [-0.15, -0.1) is 23.2 Å². The number of hydrogen-bond donors (Lipinski definition) is 0. The van der Waals surface area contributed by atoms with Gasteiger partial charge in [0.05, 0.1) is 0 Å². The molecule has 0 bridgehead atoms. The first-order chi connectivity index (χ1) is 4.72. The molecule has 0 rings (SSSR count). The summed E-state index contributed by atoms with van der Waals surface area (Å²) < 4.78 is 4.57. The van der Waals surface area contributed by atoms with Crippen LogP contribution in [-0.4, -0.2) is 23.8 Å². The summed E-state index contributed by atoms with van der Waals surface area (Å²) in [5.41, 5.74) is 0. The molecule has 2 nitrogen and oxygen atoms in total. The lowest BCUT2D eigenvalue weighted by Crippen LogP contribution is -2.19. The van der Waals surface area contributed by atoms with Crippen molar-refractivity contribution in [3.8, 4) is 0 Å². The van der Waals surface area contributed by atoms with Crippen LogP contribution in [-0.2, 0) is 9.53 Å². The van der Waals surface area contributed by atoms with E-state index in [1.165, 1.54) is 6.08 Å². The highest BCUT2D eigenvalue weighted by Gasteiger charge is 2.13. The molecule has 0 aliphatic carbocycles. The summed E-state index contributed by atoms with van der Waals surface area (Å²) >= 11 is 10.7. The Labute approximate surface area is 69.8 Å². The summed E-state index contributed by atoms with van der Waals surface area (Å²) in [4.78, 5) is 10.6. The number of esters is 1. The summed E-state index contributed by atoms with van der Waals surface area (Å²) in [5.74, 6) is -0.436. The molecule has 0 amide bonds. The van der Waals surface area contributed by atoms with Crippen LogP contribution in [0.1, 0.15) is 0 Å². The second-order valence-corrected chi connectivity index (χ2v) is 2.38. The van der Waals surface area contributed by atoms with Gasteiger partial charge in [0.1, 0.15) is 12.0 Å². The number of rotatable bonds is 4. The van der Waals surface area contributed by atoms with Crippen LogP contribution in [0.5, 0.6) is 0 Å². The largest absolute Gasteiger partial charge is 0.460 e. The monoisotopic (exact) mass is 182 g/mol. The second kappa shape index (κ2) is 5.57. The first kappa shape index (κ1) is 9.79. The van der Waals surface area contributed by atoms with Crippen LogP contribution < -0.4 is 0 Å². The Bertz CT molecular complexity index is 125. The number of hydrogen-bond acceptors (Lipinski definition) is 2. The van der Waals surface area contributed by atoms with E-state index in [1.54, 1.807) is 0 Å². The number of carbonyl (C=O) groups is 1. The van der Waals surface area contributed by atoms with Crippen molar-refractivity contribution in [2.45, 2.75) is 5.38 Å². The molecule has 0 aliphatic heterocycles. The minimum absolute atomic E-state index is 0.0670. The van der Waals surface area contributed by atoms with Crippen molar-refractivity contribution in [1.29, 1.82) is 0 Å². The molecule has 0 N–H and O–H groups in total. The molecule has 4 heteroatoms. The van der Waals surface area contributed by atoms with Crippen molar-refractivity contribution in [1.82, 2.24) is 0 Å². The van der Waals surface area contributed by atoms with Gasteiger partial charge in [-0.2, -0.15) is 0 Å². The molecule has 1 unspecified atom stereocenters. The summed E-state index contributed by atoms with van der Waals surface area (Å²) in [6.45, 7) is 3.54. The molecule has 0 fully saturated rings. The van der Waals surface area contributed by atoms with Gasteiger partial charge in [-0.25, -0.2) is 0 Å². The van der Waals surface area contributed by atoms with Gasteiger partial charge in [0.15, 0.2) is 0 Å². The number of ether oxygens (including phenoxy) is 1. The van der Waals surface area contributed by atoms with Crippen LogP contribution in [0.25, 0.3) is 0 Å². The van der Waals surface area contributed by atoms with Crippen LogP contribution >= 0.6 is 23.2 Å². The second-order valence-electron chi connectivity index (χ2n) is 1.54. The van der Waals surface area contributed by atoms with Crippen LogP contribution in [0.15, 0.2) is 12.7 Å². The zero-order valence-corrected chi connectivity index (χ0v) is 6.86. The van der Waals surface area contributed by atoms with Crippen LogP contribution in [0.3, 0.4) is 0 Å². The fourth-order valence-corrected chi connectivity index (χ4v) is 0.483. The van der Waals surface area contributed by atoms with Crippen LogP contribution in [0.2, 0.25) is 0 Å². The van der Waals surface area contributed by atoms with Gasteiger partial charge in [-0.1, -0.05) is 12.7 Å². The molecule has 0 radical (unpaired) electrons. The predicted octanol–water partition coefficient (Wildman–Crippen LogP) is 1.56. The third kappa shape index (κ3) is 3.75. The number of halogens is 2. The summed E-state index contributed by atoms with van der Waals surface area (Å²) in [7, 11) is 0. The molecule has 10 heavy (non-hydrogen) atoms. The van der Waals surface area contributed by atoms with Crippen molar-refractivity contribution in [2.75, 3.05) is 12.5 Å². The van der Waals surface area contributed by atoms with Gasteiger partial charge in [0.25, 0.3) is 0 Å². The van der Waals surface area contributed by atoms with Crippen molar-refractivity contribution in [3.63, 3.8) is 0 Å². The topological polar surface area (TPSA) is 26.3 Å². The molecule has 0 aromatic carbocycles. The van der Waals surface area contributed by atoms with Gasteiger partial charge in [-0.3, -0.25) is 4.79 Å². The zero-order chi connectivity index (χ0) is 7.98. The van der Waals surface area contributed by atoms with E-state index in [9.17, 15) is 4.79 Å². The predicted molar refractivity (Wildman–Crippen MR) is 41.5 cm³/mol. The Morgan fingerprint density at radius 1 is 1.80 bits per heavy atom. The molecule has 0 aromatic heterocycles. The Balaban J connectivity index is 3.51. The Hall–Kier alpha value is -0.210. The smallest absolute Gasteiger partial charge is 0.325 e. The minimum Gasteiger partial charge on any atom is -0.460 e. The van der Waals surface area contributed by atoms with Crippen LogP contribution in [0.4, 0.5) is 0 Å². The summed E-state index contributed by atoms with van der Waals surface area (Å²) in [6.07, 6.45) is 1.47. The molecule has 0 saturated carbocycles. The molecule has 0 spiro atoms. The number of carbonyl (C=O) groups excluding carboxylic acids is 1. The van der Waals surface area contributed by atoms with E-state index in [0.29, 0.717) is 0 Å². The van der Waals surface area contributed by atoms with Crippen molar-refractivity contribution >= 4 is 29.2 Å². The van der Waals surface area contributed by atoms with Crippen molar-refractivity contribution < 1.29 is 9.53 Å². The van der Waals surface area contributed by atoms with E-state index >= 15 is 0 Å². The SMILES string of the molecule is C=CCOC(=O)C(Cl)CCl. The normalized spacial score (nSPS) is 12.2. The lowest BCUT2D eigenvalue weighted by atomic mass is 10.5. The van der Waals surface area contributed by atoms with E-state index in [0.717, 1.165) is 0 Å². The molecule has 0 aromatic rings. The minimum atomic E-state index is -0.749. The Morgan fingerprint density at radius 2 is 2.40 bits per heavy atom. The highest BCUT2D eigenvalue weighted by atomic mass is 35.5. The van der Waals surface area contributed by atoms with Crippen molar-refractivity contribution in [2.24, 2.45) is 0 Å². The molecule has 0 aliphatic rings. The summed E-state index contributed by atoms with van der Waals surface area (Å²) in [6, 6.07) is 0. The van der Waals surface area contributed by atoms with Crippen LogP contribution in [0, 0.1) is 0 Å². The Kier molecular flexibility index (Phi) is 5.45. The van der Waals surface area contributed by atoms with Gasteiger partial charge in [0, 0.05) is 5.88 Å². The zero-order valence-electron chi connectivity index (χ0n) is 5.35. The molecule has 0 heterocycles. The van der Waals surface area contributed by atoms with E-state index in [-0.39, 0.29) is 12.5 Å². The van der Waals surface area contributed by atoms with Gasteiger partial charge >= 0.3 is 5.97 Å². The lowest BCUT2D eigenvalue weighted by Gasteiger charge is -2.03. The summed E-state index contributed by atoms with van der Waals surface area (Å²) in [5, 5.41) is -0.749. The molecular weight excluding hydrogens is 175 g/mol. The lowest BCUT2D eigenvalue weighted by molar-refractivity contribution is -0.141. The fourth-order valence-electron chi connectivity index (χ4n) is 0.294. The van der Waals surface area contributed by atoms with Gasteiger partial charge in [0.2, 0.25) is 0 Å². The highest BCUT2D eigenvalue weighted by Crippen LogP contribution is 2.00. The highest BCUT2D eigenvalue weighted by molar-refractivity contribution is 6.35. The maximum Gasteiger partial charge on any atom is 0.325 e. The first-order valence-electron chi connectivity index (χ1n) is 2.70. The molecule has 58 valence electrons. The Morgan fingerprint density at radius 3 is 2.80 bits per heavy atom. The molecule has 1 atom stereocenters. The average Bonchev–Trinajstić information content (AvgIpc) is 1.98. The van der Waals surface area contributed by atoms with Gasteiger partial charge in [-0.05, 0) is 0 Å².